The molecule has 0 fully saturated rings. The van der Waals surface area contributed by atoms with Crippen molar-refractivity contribution in [1.82, 2.24) is 4.90 Å². The van der Waals surface area contributed by atoms with Crippen molar-refractivity contribution in [1.29, 1.82) is 0 Å². The number of nitrogens with one attached hydrogen (secondary N) is 1. The lowest BCUT2D eigenvalue weighted by Gasteiger charge is -2.25. The molecule has 0 aliphatic carbocycles. The van der Waals surface area contributed by atoms with Gasteiger partial charge in [0.2, 0.25) is 0 Å². The molecule has 1 N–H and O–H groups in total. The van der Waals surface area contributed by atoms with Crippen molar-refractivity contribution in [2.45, 2.75) is 19.9 Å². The number of nitrogens with zero attached hydrogens (tertiary/aromatic N) is 1. The van der Waals surface area contributed by atoms with Crippen molar-refractivity contribution in [3.63, 3.8) is 0 Å². The van der Waals surface area contributed by atoms with Crippen LogP contribution in [0.1, 0.15) is 13.8 Å². The molecule has 0 unspecified atom stereocenters. The highest BCUT2D eigenvalue weighted by Crippen LogP contribution is 2.22. The Balaban J connectivity index is 2.77. The van der Waals surface area contributed by atoms with E-state index in [-0.39, 0.29) is 0 Å². The molecule has 0 spiro atoms. The summed E-state index contributed by atoms with van der Waals surface area (Å²) in [5, 5.41) is 4.92. The fourth-order valence-corrected chi connectivity index (χ4v) is 1.93. The Morgan fingerprint density at radius 2 is 1.75 bits per heavy atom. The van der Waals surface area contributed by atoms with Crippen LogP contribution in [0.25, 0.3) is 0 Å². The third-order valence-corrected chi connectivity index (χ3v) is 3.04. The predicted octanol–water partition coefficient (Wildman–Crippen LogP) is 4.03. The van der Waals surface area contributed by atoms with Gasteiger partial charge in [-0.1, -0.05) is 23.2 Å². The summed E-state index contributed by atoms with van der Waals surface area (Å²) in [7, 11) is 1.94. The minimum atomic E-state index is 0.342. The lowest BCUT2D eigenvalue weighted by Crippen LogP contribution is -2.36. The average Bonchev–Trinajstić information content (AvgIpc) is 2.14. The van der Waals surface area contributed by atoms with Crippen LogP contribution in [-0.2, 0) is 0 Å². The van der Waals surface area contributed by atoms with Gasteiger partial charge in [-0.2, -0.15) is 0 Å². The van der Waals surface area contributed by atoms with Crippen LogP contribution < -0.4 is 5.32 Å². The molecule has 0 aromatic heterocycles. The Hall–Kier alpha value is -0.510. The van der Waals surface area contributed by atoms with Crippen molar-refractivity contribution >= 4 is 46.2 Å². The summed E-state index contributed by atoms with van der Waals surface area (Å²) in [6, 6.07) is 5.60. The van der Waals surface area contributed by atoms with Crippen LogP contribution in [0.4, 0.5) is 5.69 Å². The molecule has 0 radical (unpaired) electrons. The van der Waals surface area contributed by atoms with E-state index in [1.807, 2.05) is 11.9 Å². The van der Waals surface area contributed by atoms with Gasteiger partial charge in [0.15, 0.2) is 5.11 Å². The van der Waals surface area contributed by atoms with Gasteiger partial charge in [-0.15, -0.1) is 0 Å². The van der Waals surface area contributed by atoms with Gasteiger partial charge in [-0.25, -0.2) is 0 Å². The highest BCUT2D eigenvalue weighted by Gasteiger charge is 2.08. The minimum absolute atomic E-state index is 0.342. The predicted molar refractivity (Wildman–Crippen MR) is 75.6 cm³/mol. The molecule has 5 heteroatoms. The highest BCUT2D eigenvalue weighted by atomic mass is 35.5. The summed E-state index contributed by atoms with van der Waals surface area (Å²) in [6.07, 6.45) is 0. The van der Waals surface area contributed by atoms with Gasteiger partial charge in [-0.05, 0) is 44.3 Å². The second-order valence-corrected chi connectivity index (χ2v) is 5.05. The fraction of sp³-hybridized carbons (Fsp3) is 0.364. The topological polar surface area (TPSA) is 15.3 Å². The maximum Gasteiger partial charge on any atom is 0.173 e. The van der Waals surface area contributed by atoms with Crippen molar-refractivity contribution in [2.75, 3.05) is 12.4 Å². The first-order valence-corrected chi connectivity index (χ1v) is 6.06. The van der Waals surface area contributed by atoms with E-state index in [9.17, 15) is 0 Å². The van der Waals surface area contributed by atoms with Crippen molar-refractivity contribution in [3.05, 3.63) is 28.2 Å². The van der Waals surface area contributed by atoms with Crippen molar-refractivity contribution in [2.24, 2.45) is 0 Å². The second kappa shape index (κ2) is 5.71. The lowest BCUT2D eigenvalue weighted by atomic mass is 10.3. The number of benzene rings is 1. The van der Waals surface area contributed by atoms with E-state index in [0.29, 0.717) is 21.2 Å². The number of hydrogen-bond acceptors (Lipinski definition) is 1. The zero-order chi connectivity index (χ0) is 12.3. The molecular formula is C11H14Cl2N2S. The molecule has 0 saturated heterocycles. The minimum Gasteiger partial charge on any atom is -0.350 e. The van der Waals surface area contributed by atoms with Crippen LogP contribution in [0.2, 0.25) is 10.0 Å². The molecule has 2 nitrogen and oxygen atoms in total. The summed E-state index contributed by atoms with van der Waals surface area (Å²) in [6.45, 7) is 4.14. The largest absolute Gasteiger partial charge is 0.350 e. The molecule has 0 bridgehead atoms. The van der Waals surface area contributed by atoms with E-state index in [1.165, 1.54) is 0 Å². The normalized spacial score (nSPS) is 10.4. The van der Waals surface area contributed by atoms with Crippen LogP contribution in [0.3, 0.4) is 0 Å². The van der Waals surface area contributed by atoms with Crippen LogP contribution in [0.15, 0.2) is 18.2 Å². The first-order valence-electron chi connectivity index (χ1n) is 4.90. The summed E-state index contributed by atoms with van der Waals surface area (Å²) < 4.78 is 0. The Morgan fingerprint density at radius 3 is 2.19 bits per heavy atom. The zero-order valence-electron chi connectivity index (χ0n) is 9.42. The van der Waals surface area contributed by atoms with Gasteiger partial charge in [0, 0.05) is 28.8 Å². The van der Waals surface area contributed by atoms with E-state index >= 15 is 0 Å². The van der Waals surface area contributed by atoms with Gasteiger partial charge >= 0.3 is 0 Å². The third-order valence-electron chi connectivity index (χ3n) is 2.21. The number of hydrogen-bond donors (Lipinski definition) is 1. The molecule has 0 aliphatic heterocycles. The Labute approximate surface area is 112 Å². The molecule has 0 heterocycles. The zero-order valence-corrected chi connectivity index (χ0v) is 11.7. The number of anilines is 1. The van der Waals surface area contributed by atoms with Gasteiger partial charge in [0.25, 0.3) is 0 Å². The first-order chi connectivity index (χ1) is 7.40. The maximum absolute atomic E-state index is 5.89. The van der Waals surface area contributed by atoms with Crippen LogP contribution in [-0.4, -0.2) is 23.1 Å². The van der Waals surface area contributed by atoms with E-state index in [1.54, 1.807) is 18.2 Å². The lowest BCUT2D eigenvalue weighted by molar-refractivity contribution is 0.423. The summed E-state index contributed by atoms with van der Waals surface area (Å²) in [5.41, 5.74) is 0.801. The molecule has 0 amide bonds. The van der Waals surface area contributed by atoms with Crippen LogP contribution in [0, 0.1) is 0 Å². The molecular weight excluding hydrogens is 263 g/mol. The Morgan fingerprint density at radius 1 is 1.25 bits per heavy atom. The second-order valence-electron chi connectivity index (χ2n) is 3.79. The van der Waals surface area contributed by atoms with Crippen molar-refractivity contribution in [3.8, 4) is 0 Å². The van der Waals surface area contributed by atoms with Crippen LogP contribution >= 0.6 is 35.4 Å². The van der Waals surface area contributed by atoms with Crippen LogP contribution in [0.5, 0.6) is 0 Å². The number of halogens is 2. The number of thiocarbonyl (C=S) groups is 1. The average molecular weight is 277 g/mol. The van der Waals surface area contributed by atoms with Gasteiger partial charge in [0.1, 0.15) is 0 Å². The summed E-state index contributed by atoms with van der Waals surface area (Å²) in [4.78, 5) is 1.96. The monoisotopic (exact) mass is 276 g/mol. The summed E-state index contributed by atoms with van der Waals surface area (Å²) >= 11 is 17.0. The van der Waals surface area contributed by atoms with Gasteiger partial charge in [-0.3, -0.25) is 0 Å². The highest BCUT2D eigenvalue weighted by molar-refractivity contribution is 7.80. The van der Waals surface area contributed by atoms with E-state index in [0.717, 1.165) is 5.69 Å². The fourth-order valence-electron chi connectivity index (χ4n) is 1.07. The molecule has 1 rings (SSSR count). The molecule has 1 aromatic rings. The molecule has 0 aliphatic rings. The van der Waals surface area contributed by atoms with E-state index in [4.69, 9.17) is 35.4 Å². The van der Waals surface area contributed by atoms with Crippen molar-refractivity contribution < 1.29 is 0 Å². The standard InChI is InChI=1S/C11H14Cl2N2S/c1-7(2)15(3)11(16)14-10-5-8(12)4-9(13)6-10/h4-7H,1-3H3,(H,14,16). The molecule has 1 aromatic carbocycles. The van der Waals surface area contributed by atoms with Gasteiger partial charge in [0.05, 0.1) is 0 Å². The van der Waals surface area contributed by atoms with E-state index < -0.39 is 0 Å². The molecule has 0 atom stereocenters. The SMILES string of the molecule is CC(C)N(C)C(=S)Nc1cc(Cl)cc(Cl)c1. The molecule has 16 heavy (non-hydrogen) atoms. The Bertz CT molecular complexity index is 373. The van der Waals surface area contributed by atoms with Gasteiger partial charge < -0.3 is 10.2 Å². The maximum atomic E-state index is 5.89. The van der Waals surface area contributed by atoms with E-state index in [2.05, 4.69) is 19.2 Å². The molecule has 0 saturated carbocycles. The summed E-state index contributed by atoms with van der Waals surface area (Å²) in [5.74, 6) is 0. The first kappa shape index (κ1) is 13.6. The quantitative estimate of drug-likeness (QED) is 0.822. The smallest absolute Gasteiger partial charge is 0.173 e. The third kappa shape index (κ3) is 3.81. The Kier molecular flexibility index (Phi) is 4.84. The molecule has 88 valence electrons. The number of rotatable bonds is 2.